The van der Waals surface area contributed by atoms with Crippen molar-refractivity contribution < 1.29 is 14.4 Å². The lowest BCUT2D eigenvalue weighted by Gasteiger charge is -2.32. The Morgan fingerprint density at radius 3 is 2.49 bits per heavy atom. The first-order valence-corrected chi connectivity index (χ1v) is 13.3. The maximum Gasteiger partial charge on any atom is 0.322 e. The third-order valence-electron chi connectivity index (χ3n) is 7.60. The minimum Gasteiger partial charge on any atom is -0.335 e. The van der Waals surface area contributed by atoms with Crippen LogP contribution < -0.4 is 10.2 Å². The molecule has 1 N–H and O–H groups in total. The van der Waals surface area contributed by atoms with Crippen molar-refractivity contribution in [2.24, 2.45) is 5.92 Å². The van der Waals surface area contributed by atoms with Gasteiger partial charge in [0, 0.05) is 30.4 Å². The summed E-state index contributed by atoms with van der Waals surface area (Å²) in [6.07, 6.45) is 3.86. The van der Waals surface area contributed by atoms with Crippen LogP contribution >= 0.6 is 11.3 Å². The topological polar surface area (TPSA) is 85.9 Å². The Labute approximate surface area is 210 Å². The summed E-state index contributed by atoms with van der Waals surface area (Å²) >= 11 is 1.45. The van der Waals surface area contributed by atoms with Crippen molar-refractivity contribution in [3.63, 3.8) is 0 Å². The van der Waals surface area contributed by atoms with E-state index in [1.54, 1.807) is 16.0 Å². The van der Waals surface area contributed by atoms with Crippen molar-refractivity contribution in [2.75, 3.05) is 23.3 Å². The Hall–Kier alpha value is -2.94. The summed E-state index contributed by atoms with van der Waals surface area (Å²) in [5, 5.41) is 5.54. The van der Waals surface area contributed by atoms with Crippen molar-refractivity contribution in [1.29, 1.82) is 0 Å². The van der Waals surface area contributed by atoms with E-state index < -0.39 is 6.04 Å². The summed E-state index contributed by atoms with van der Waals surface area (Å²) < 4.78 is 0. The van der Waals surface area contributed by atoms with Gasteiger partial charge in [-0.3, -0.25) is 14.5 Å². The summed E-state index contributed by atoms with van der Waals surface area (Å²) in [6.45, 7) is 9.49. The molecule has 0 radical (unpaired) electrons. The first kappa shape index (κ1) is 23.8. The fourth-order valence-electron chi connectivity index (χ4n) is 5.75. The zero-order valence-electron chi connectivity index (χ0n) is 20.7. The molecule has 3 saturated heterocycles. The van der Waals surface area contributed by atoms with Crippen LogP contribution in [0.25, 0.3) is 0 Å². The van der Waals surface area contributed by atoms with Crippen LogP contribution in [0.5, 0.6) is 0 Å². The average molecular weight is 496 g/mol. The van der Waals surface area contributed by atoms with Crippen molar-refractivity contribution >= 4 is 40.0 Å². The van der Waals surface area contributed by atoms with Gasteiger partial charge in [-0.25, -0.2) is 9.78 Å². The second-order valence-electron chi connectivity index (χ2n) is 10.8. The van der Waals surface area contributed by atoms with Gasteiger partial charge in [-0.15, -0.1) is 11.3 Å². The number of hydrogen-bond donors (Lipinski definition) is 1. The molecule has 0 aliphatic carbocycles. The number of urea groups is 1. The maximum absolute atomic E-state index is 13.7. The average Bonchev–Trinajstić information content (AvgIpc) is 3.61. The van der Waals surface area contributed by atoms with Gasteiger partial charge >= 0.3 is 6.03 Å². The van der Waals surface area contributed by atoms with Gasteiger partial charge in [0.05, 0.1) is 18.0 Å². The smallest absolute Gasteiger partial charge is 0.322 e. The number of amides is 4. The molecule has 0 spiro atoms. The molecule has 1 aromatic heterocycles. The van der Waals surface area contributed by atoms with Gasteiger partial charge in [0.15, 0.2) is 5.13 Å². The van der Waals surface area contributed by atoms with E-state index in [0.29, 0.717) is 24.6 Å². The molecule has 8 nitrogen and oxygen atoms in total. The van der Waals surface area contributed by atoms with E-state index in [9.17, 15) is 14.4 Å². The predicted molar refractivity (Wildman–Crippen MR) is 137 cm³/mol. The second kappa shape index (κ2) is 8.93. The van der Waals surface area contributed by atoms with Gasteiger partial charge in [-0.1, -0.05) is 39.8 Å². The normalized spacial score (nSPS) is 26.4. The molecule has 2 aromatic rings. The largest absolute Gasteiger partial charge is 0.335 e. The lowest BCUT2D eigenvalue weighted by atomic mass is 9.87. The number of carbonyl (C=O) groups excluding carboxylic acids is 3. The Morgan fingerprint density at radius 2 is 1.83 bits per heavy atom. The quantitative estimate of drug-likeness (QED) is 0.695. The number of likely N-dealkylation sites (tertiary alicyclic amines) is 2. The van der Waals surface area contributed by atoms with Gasteiger partial charge < -0.3 is 15.1 Å². The molecule has 0 bridgehead atoms. The number of anilines is 2. The van der Waals surface area contributed by atoms with Gasteiger partial charge in [0.1, 0.15) is 6.04 Å². The summed E-state index contributed by atoms with van der Waals surface area (Å²) in [4.78, 5) is 49.6. The molecular weight excluding hydrogens is 462 g/mol. The highest BCUT2D eigenvalue weighted by atomic mass is 32.1. The van der Waals surface area contributed by atoms with Gasteiger partial charge in [0.25, 0.3) is 0 Å². The fourth-order valence-corrected chi connectivity index (χ4v) is 6.45. The SMILES string of the molecule is C[C@@H]1C(=O)N(c2nccs2)[C@H]2CCN(C(=O)[C@@H]3CCCN3C(=O)Nc3ccc(C(C)(C)C)cc3)[C@H]12. The summed E-state index contributed by atoms with van der Waals surface area (Å²) in [7, 11) is 0. The van der Waals surface area contributed by atoms with Gasteiger partial charge in [-0.2, -0.15) is 0 Å². The van der Waals surface area contributed by atoms with Crippen LogP contribution in [0.2, 0.25) is 0 Å². The Bertz CT molecular complexity index is 1110. The molecule has 35 heavy (non-hydrogen) atoms. The van der Waals surface area contributed by atoms with Crippen LogP contribution in [0, 0.1) is 5.92 Å². The van der Waals surface area contributed by atoms with Crippen LogP contribution in [0.15, 0.2) is 35.8 Å². The lowest BCUT2D eigenvalue weighted by molar-refractivity contribution is -0.137. The van der Waals surface area contributed by atoms with Crippen LogP contribution in [-0.4, -0.2) is 63.8 Å². The number of hydrogen-bond acceptors (Lipinski definition) is 5. The molecule has 0 saturated carbocycles. The van der Waals surface area contributed by atoms with E-state index in [4.69, 9.17) is 0 Å². The number of thiazole rings is 1. The number of fused-ring (bicyclic) bond motifs is 1. The minimum atomic E-state index is -0.501. The number of aromatic nitrogens is 1. The lowest BCUT2D eigenvalue weighted by Crippen LogP contribution is -2.52. The second-order valence-corrected chi connectivity index (χ2v) is 11.7. The highest BCUT2D eigenvalue weighted by Gasteiger charge is 2.55. The van der Waals surface area contributed by atoms with Crippen LogP contribution in [0.3, 0.4) is 0 Å². The Kier molecular flexibility index (Phi) is 6.07. The molecule has 3 fully saturated rings. The van der Waals surface area contributed by atoms with Gasteiger partial charge in [0.2, 0.25) is 11.8 Å². The first-order chi connectivity index (χ1) is 16.7. The molecule has 186 valence electrons. The number of carbonyl (C=O) groups is 3. The summed E-state index contributed by atoms with van der Waals surface area (Å²) in [5.41, 5.74) is 1.95. The highest BCUT2D eigenvalue weighted by molar-refractivity contribution is 7.13. The molecule has 9 heteroatoms. The number of rotatable bonds is 3. The van der Waals surface area contributed by atoms with Crippen LogP contribution in [0.1, 0.15) is 52.5 Å². The van der Waals surface area contributed by atoms with Gasteiger partial charge in [-0.05, 0) is 42.4 Å². The van der Waals surface area contributed by atoms with Crippen LogP contribution in [0.4, 0.5) is 15.6 Å². The molecule has 0 unspecified atom stereocenters. The Morgan fingerprint density at radius 1 is 1.09 bits per heavy atom. The third kappa shape index (κ3) is 4.20. The first-order valence-electron chi connectivity index (χ1n) is 12.4. The highest BCUT2D eigenvalue weighted by Crippen LogP contribution is 2.40. The van der Waals surface area contributed by atoms with Crippen LogP contribution in [-0.2, 0) is 15.0 Å². The standard InChI is InChI=1S/C26H33N5O3S/c1-16-21-19(31(22(16)32)25-27-12-15-35-25)11-14-30(21)23(33)20-6-5-13-29(20)24(34)28-18-9-7-17(8-10-18)26(2,3)4/h7-10,12,15-16,19-21H,5-6,11,13-14H2,1-4H3,(H,28,34)/t16-,19-,20-,21+/m0/s1. The summed E-state index contributed by atoms with van der Waals surface area (Å²) in [6, 6.07) is 6.88. The molecule has 3 aliphatic rings. The van der Waals surface area contributed by atoms with Crippen molar-refractivity contribution in [3.05, 3.63) is 41.4 Å². The fraction of sp³-hybridized carbons (Fsp3) is 0.538. The number of nitrogens with zero attached hydrogens (tertiary/aromatic N) is 4. The molecule has 5 rings (SSSR count). The predicted octanol–water partition coefficient (Wildman–Crippen LogP) is 4.09. The van der Waals surface area contributed by atoms with E-state index in [1.165, 1.54) is 16.9 Å². The zero-order valence-corrected chi connectivity index (χ0v) is 21.5. The van der Waals surface area contributed by atoms with Crippen molar-refractivity contribution in [3.8, 4) is 0 Å². The molecule has 3 aliphatic heterocycles. The third-order valence-corrected chi connectivity index (χ3v) is 8.37. The number of benzene rings is 1. The number of nitrogens with one attached hydrogen (secondary N) is 1. The van der Waals surface area contributed by atoms with E-state index in [-0.39, 0.29) is 41.3 Å². The monoisotopic (exact) mass is 495 g/mol. The minimum absolute atomic E-state index is 0.0205. The zero-order chi connectivity index (χ0) is 24.9. The van der Waals surface area contributed by atoms with E-state index in [2.05, 4.69) is 31.1 Å². The molecular formula is C26H33N5O3S. The molecule has 1 aromatic carbocycles. The molecule has 4 atom stereocenters. The van der Waals surface area contributed by atoms with Crippen molar-refractivity contribution in [2.45, 2.75) is 70.5 Å². The van der Waals surface area contributed by atoms with E-state index in [1.807, 2.05) is 41.5 Å². The summed E-state index contributed by atoms with van der Waals surface area (Å²) in [5.74, 6) is -0.318. The Balaban J connectivity index is 1.29. The van der Waals surface area contributed by atoms with Crippen molar-refractivity contribution in [1.82, 2.24) is 14.8 Å². The van der Waals surface area contributed by atoms with E-state index >= 15 is 0 Å². The maximum atomic E-state index is 13.7. The van der Waals surface area contributed by atoms with E-state index in [0.717, 1.165) is 18.5 Å². The molecule has 4 amide bonds. The molecule has 4 heterocycles.